The molecule has 0 atom stereocenters. The van der Waals surface area contributed by atoms with Crippen LogP contribution in [0.4, 0.5) is 0 Å². The lowest BCUT2D eigenvalue weighted by Crippen LogP contribution is -1.91. The molecule has 0 aliphatic heterocycles. The van der Waals surface area contributed by atoms with Crippen molar-refractivity contribution in [3.63, 3.8) is 0 Å². The highest BCUT2D eigenvalue weighted by Crippen LogP contribution is 2.46. The van der Waals surface area contributed by atoms with Crippen LogP contribution in [-0.4, -0.2) is 5.78 Å². The molecule has 3 rings (SSSR count). The van der Waals surface area contributed by atoms with Gasteiger partial charge in [-0.05, 0) is 57.3 Å². The van der Waals surface area contributed by atoms with Gasteiger partial charge in [0.25, 0.3) is 0 Å². The van der Waals surface area contributed by atoms with E-state index in [2.05, 4.69) is 45.2 Å². The zero-order valence-corrected chi connectivity index (χ0v) is 12.6. The lowest BCUT2D eigenvalue weighted by molar-refractivity contribution is 0.104. The third-order valence-corrected chi connectivity index (χ3v) is 6.05. The summed E-state index contributed by atoms with van der Waals surface area (Å²) in [5, 5.41) is 0. The first-order valence-electron chi connectivity index (χ1n) is 3.80. The molecule has 0 bridgehead atoms. The van der Waals surface area contributed by atoms with Crippen molar-refractivity contribution in [2.45, 2.75) is 0 Å². The third-order valence-electron chi connectivity index (χ3n) is 2.10. The van der Waals surface area contributed by atoms with Crippen molar-refractivity contribution in [2.24, 2.45) is 0 Å². The average molecular weight is 444 g/mol. The summed E-state index contributed by atoms with van der Waals surface area (Å²) in [6, 6.07) is 3.98. The smallest absolute Gasteiger partial charge is 0.196 e. The van der Waals surface area contributed by atoms with Crippen molar-refractivity contribution in [3.05, 3.63) is 29.0 Å². The Hall–Kier alpha value is 0.530. The van der Waals surface area contributed by atoms with Gasteiger partial charge in [0, 0.05) is 11.1 Å². The second-order valence-electron chi connectivity index (χ2n) is 2.92. The molecule has 0 spiro atoms. The summed E-state index contributed by atoms with van der Waals surface area (Å²) >= 11 is 7.96. The van der Waals surface area contributed by atoms with Crippen LogP contribution in [0.1, 0.15) is 15.9 Å². The third kappa shape index (κ3) is 1.25. The predicted molar refractivity (Wildman–Crippen MR) is 76.5 cm³/mol. The Balaban J connectivity index is 2.37. The summed E-state index contributed by atoms with van der Waals surface area (Å²) in [4.78, 5) is 14.3. The van der Waals surface area contributed by atoms with Gasteiger partial charge in [0.05, 0.1) is 15.5 Å². The zero-order valence-electron chi connectivity index (χ0n) is 6.64. The normalized spacial score (nSPS) is 13.1. The summed E-state index contributed by atoms with van der Waals surface area (Å²) in [5.74, 6) is 0.202. The van der Waals surface area contributed by atoms with Gasteiger partial charge in [-0.3, -0.25) is 4.79 Å². The first kappa shape index (κ1) is 9.73. The van der Waals surface area contributed by atoms with E-state index in [0.717, 1.165) is 11.1 Å². The van der Waals surface area contributed by atoms with Crippen molar-refractivity contribution in [2.75, 3.05) is 0 Å². The topological polar surface area (TPSA) is 17.1 Å². The maximum atomic E-state index is 11.9. The molecule has 1 nitrogen and oxygen atoms in total. The van der Waals surface area contributed by atoms with Gasteiger partial charge < -0.3 is 0 Å². The molecule has 1 aliphatic carbocycles. The van der Waals surface area contributed by atoms with E-state index >= 15 is 0 Å². The second kappa shape index (κ2) is 3.26. The summed E-state index contributed by atoms with van der Waals surface area (Å²) < 4.78 is 2.38. The van der Waals surface area contributed by atoms with Crippen molar-refractivity contribution in [1.82, 2.24) is 0 Å². The standard InChI is InChI=1S/C9H2I2OS2/c10-5-1-3-7(12)4-2-6(11)14-9(4)8(3)13-5/h1-2H. The average Bonchev–Trinajstić information content (AvgIpc) is 2.71. The van der Waals surface area contributed by atoms with Crippen LogP contribution in [0.2, 0.25) is 0 Å². The van der Waals surface area contributed by atoms with Gasteiger partial charge in [0.2, 0.25) is 0 Å². The number of hydrogen-bond donors (Lipinski definition) is 0. The predicted octanol–water partition coefficient (Wildman–Crippen LogP) is 4.23. The Bertz CT molecular complexity index is 505. The Kier molecular flexibility index (Phi) is 2.27. The molecule has 70 valence electrons. The Morgan fingerprint density at radius 2 is 1.36 bits per heavy atom. The first-order valence-corrected chi connectivity index (χ1v) is 7.59. The van der Waals surface area contributed by atoms with E-state index in [1.54, 1.807) is 22.7 Å². The van der Waals surface area contributed by atoms with Crippen LogP contribution in [-0.2, 0) is 0 Å². The van der Waals surface area contributed by atoms with Gasteiger partial charge in [-0.15, -0.1) is 22.7 Å². The van der Waals surface area contributed by atoms with Crippen LogP contribution < -0.4 is 0 Å². The molecule has 0 unspecified atom stereocenters. The highest BCUT2D eigenvalue weighted by Gasteiger charge is 2.31. The van der Waals surface area contributed by atoms with E-state index < -0.39 is 0 Å². The molecular formula is C9H2I2OS2. The Labute approximate surface area is 116 Å². The molecule has 5 heteroatoms. The molecule has 1 aliphatic rings. The zero-order chi connectivity index (χ0) is 9.87. The summed E-state index contributed by atoms with van der Waals surface area (Å²) in [6.07, 6.45) is 0. The minimum atomic E-state index is 0.202. The quantitative estimate of drug-likeness (QED) is 0.475. The summed E-state index contributed by atoms with van der Waals surface area (Å²) in [7, 11) is 0. The molecule has 0 amide bonds. The van der Waals surface area contributed by atoms with E-state index in [1.807, 2.05) is 12.1 Å². The maximum absolute atomic E-state index is 11.9. The van der Waals surface area contributed by atoms with Crippen LogP contribution >= 0.6 is 67.9 Å². The number of carbonyl (C=O) groups is 1. The largest absolute Gasteiger partial charge is 0.288 e. The summed E-state index contributed by atoms with van der Waals surface area (Å²) in [5.41, 5.74) is 1.80. The molecule has 0 fully saturated rings. The molecule has 2 aromatic rings. The van der Waals surface area contributed by atoms with Crippen LogP contribution in [0.3, 0.4) is 0 Å². The summed E-state index contributed by atoms with van der Waals surface area (Å²) in [6.45, 7) is 0. The molecule has 0 saturated heterocycles. The highest BCUT2D eigenvalue weighted by molar-refractivity contribution is 14.1. The molecule has 0 radical (unpaired) electrons. The van der Waals surface area contributed by atoms with Crippen LogP contribution in [0.25, 0.3) is 9.75 Å². The van der Waals surface area contributed by atoms with Gasteiger partial charge in [-0.25, -0.2) is 0 Å². The van der Waals surface area contributed by atoms with Gasteiger partial charge in [0.15, 0.2) is 5.78 Å². The monoisotopic (exact) mass is 444 g/mol. The molecule has 14 heavy (non-hydrogen) atoms. The van der Waals surface area contributed by atoms with E-state index in [1.165, 1.54) is 15.5 Å². The van der Waals surface area contributed by atoms with Crippen molar-refractivity contribution in [3.8, 4) is 9.75 Å². The Morgan fingerprint density at radius 3 is 1.79 bits per heavy atom. The van der Waals surface area contributed by atoms with Crippen LogP contribution in [0, 0.1) is 5.77 Å². The minimum absolute atomic E-state index is 0.202. The molecule has 2 aromatic heterocycles. The van der Waals surface area contributed by atoms with Gasteiger partial charge in [0.1, 0.15) is 0 Å². The second-order valence-corrected chi connectivity index (χ2v) is 8.81. The van der Waals surface area contributed by atoms with Crippen LogP contribution in [0.5, 0.6) is 0 Å². The number of fused-ring (bicyclic) bond motifs is 3. The van der Waals surface area contributed by atoms with Crippen molar-refractivity contribution in [1.29, 1.82) is 0 Å². The SMILES string of the molecule is O=C1c2cc(I)sc2-c2sc(I)cc21. The highest BCUT2D eigenvalue weighted by atomic mass is 127. The number of halogens is 2. The number of ketones is 1. The van der Waals surface area contributed by atoms with Gasteiger partial charge >= 0.3 is 0 Å². The number of carbonyl (C=O) groups excluding carboxylic acids is 1. The lowest BCUT2D eigenvalue weighted by Gasteiger charge is -1.85. The molecule has 0 saturated carbocycles. The van der Waals surface area contributed by atoms with E-state index in [4.69, 9.17) is 0 Å². The first-order chi connectivity index (χ1) is 6.66. The minimum Gasteiger partial charge on any atom is -0.288 e. The Morgan fingerprint density at radius 1 is 0.929 bits per heavy atom. The van der Waals surface area contributed by atoms with E-state index in [0.29, 0.717) is 0 Å². The van der Waals surface area contributed by atoms with Crippen molar-refractivity contribution >= 4 is 73.6 Å². The molecule has 0 N–H and O–H groups in total. The number of thiophene rings is 2. The number of hydrogen-bond acceptors (Lipinski definition) is 3. The molecular weight excluding hydrogens is 442 g/mol. The number of rotatable bonds is 0. The molecule has 0 aromatic carbocycles. The van der Waals surface area contributed by atoms with E-state index in [-0.39, 0.29) is 5.78 Å². The maximum Gasteiger partial charge on any atom is 0.196 e. The van der Waals surface area contributed by atoms with Gasteiger partial charge in [-0.1, -0.05) is 0 Å². The van der Waals surface area contributed by atoms with E-state index in [9.17, 15) is 4.79 Å². The molecule has 2 heterocycles. The fourth-order valence-corrected chi connectivity index (χ4v) is 5.41. The fraction of sp³-hybridized carbons (Fsp3) is 0. The van der Waals surface area contributed by atoms with Gasteiger partial charge in [-0.2, -0.15) is 0 Å². The van der Waals surface area contributed by atoms with Crippen LogP contribution in [0.15, 0.2) is 12.1 Å². The lowest BCUT2D eigenvalue weighted by atomic mass is 10.2. The van der Waals surface area contributed by atoms with Crippen molar-refractivity contribution < 1.29 is 4.79 Å². The fourth-order valence-electron chi connectivity index (χ4n) is 1.54.